The van der Waals surface area contributed by atoms with E-state index in [4.69, 9.17) is 4.74 Å². The summed E-state index contributed by atoms with van der Waals surface area (Å²) in [6, 6.07) is 4.52. The van der Waals surface area contributed by atoms with E-state index >= 15 is 0 Å². The molecule has 1 aliphatic heterocycles. The Morgan fingerprint density at radius 2 is 2.30 bits per heavy atom. The second kappa shape index (κ2) is 6.94. The summed E-state index contributed by atoms with van der Waals surface area (Å²) >= 11 is 1.22. The first-order valence-electron chi connectivity index (χ1n) is 8.95. The molecule has 3 aromatic heterocycles. The quantitative estimate of drug-likeness (QED) is 0.698. The topological polar surface area (TPSA) is 80.2 Å². The van der Waals surface area contributed by atoms with E-state index in [1.165, 1.54) is 24.1 Å². The van der Waals surface area contributed by atoms with Crippen molar-refractivity contribution >= 4 is 27.5 Å². The number of likely N-dealkylation sites (tertiary alicyclic amines) is 1. The molecule has 3 aromatic rings. The number of nitrogens with zero attached hydrogens (tertiary/aromatic N) is 3. The third-order valence-electron chi connectivity index (χ3n) is 5.26. The predicted molar refractivity (Wildman–Crippen MR) is 104 cm³/mol. The number of H-pyrrole nitrogens is 1. The lowest BCUT2D eigenvalue weighted by Gasteiger charge is -2.24. The number of rotatable bonds is 4. The molecule has 0 spiro atoms. The van der Waals surface area contributed by atoms with Gasteiger partial charge in [0.2, 0.25) is 0 Å². The second-order valence-electron chi connectivity index (χ2n) is 6.91. The zero-order valence-electron chi connectivity index (χ0n) is 15.6. The van der Waals surface area contributed by atoms with Gasteiger partial charge in [-0.25, -0.2) is 9.78 Å². The van der Waals surface area contributed by atoms with E-state index in [0.717, 1.165) is 19.4 Å². The number of hydrogen-bond donors (Lipinski definition) is 1. The van der Waals surface area contributed by atoms with Gasteiger partial charge >= 0.3 is 5.97 Å². The molecule has 0 amide bonds. The number of thiophene rings is 1. The molecule has 1 N–H and O–H groups in total. The van der Waals surface area contributed by atoms with Crippen molar-refractivity contribution in [2.75, 3.05) is 13.7 Å². The smallest absolute Gasteiger partial charge is 0.348 e. The van der Waals surface area contributed by atoms with Crippen molar-refractivity contribution in [1.29, 1.82) is 0 Å². The number of aromatic amines is 1. The summed E-state index contributed by atoms with van der Waals surface area (Å²) in [6.45, 7) is 3.30. The standard InChI is InChI=1S/C19H22N4O3S/c1-11-15-17(24)20-14(21-18(15)27-16(11)19(25)26-3)10-23-9-5-7-13(23)12-6-4-8-22(12)2/h4,6,8,13H,5,7,9-10H2,1-3H3,(H,20,21,24)/t13-/m0/s1. The Labute approximate surface area is 160 Å². The normalized spacial score (nSPS) is 17.7. The molecule has 27 heavy (non-hydrogen) atoms. The number of hydrogen-bond acceptors (Lipinski definition) is 6. The van der Waals surface area contributed by atoms with Crippen LogP contribution in [0.5, 0.6) is 0 Å². The number of aryl methyl sites for hydroxylation is 2. The first-order valence-corrected chi connectivity index (χ1v) is 9.77. The van der Waals surface area contributed by atoms with Crippen LogP contribution in [-0.2, 0) is 18.3 Å². The van der Waals surface area contributed by atoms with E-state index in [1.54, 1.807) is 6.92 Å². The number of carbonyl (C=O) groups excluding carboxylic acids is 1. The van der Waals surface area contributed by atoms with Crippen molar-refractivity contribution in [3.05, 3.63) is 50.6 Å². The third-order valence-corrected chi connectivity index (χ3v) is 6.43. The maximum Gasteiger partial charge on any atom is 0.348 e. The van der Waals surface area contributed by atoms with E-state index in [0.29, 0.717) is 39.1 Å². The van der Waals surface area contributed by atoms with Crippen molar-refractivity contribution in [3.63, 3.8) is 0 Å². The predicted octanol–water partition coefficient (Wildman–Crippen LogP) is 2.76. The molecule has 0 aliphatic carbocycles. The van der Waals surface area contributed by atoms with Crippen LogP contribution < -0.4 is 5.56 Å². The number of methoxy groups -OCH3 is 1. The molecular weight excluding hydrogens is 364 g/mol. The highest BCUT2D eigenvalue weighted by Gasteiger charge is 2.28. The monoisotopic (exact) mass is 386 g/mol. The van der Waals surface area contributed by atoms with Crippen LogP contribution in [0.3, 0.4) is 0 Å². The van der Waals surface area contributed by atoms with Gasteiger partial charge in [-0.3, -0.25) is 9.69 Å². The molecule has 142 valence electrons. The number of carbonyl (C=O) groups is 1. The third kappa shape index (κ3) is 3.08. The van der Waals surface area contributed by atoms with Crippen LogP contribution in [0.15, 0.2) is 23.1 Å². The maximum absolute atomic E-state index is 12.6. The SMILES string of the molecule is COC(=O)c1sc2nc(CN3CCC[C@H]3c3cccn3C)[nH]c(=O)c2c1C. The molecule has 0 bridgehead atoms. The van der Waals surface area contributed by atoms with Crippen LogP contribution in [0.1, 0.15) is 45.6 Å². The fourth-order valence-electron chi connectivity index (χ4n) is 3.91. The van der Waals surface area contributed by atoms with Gasteiger partial charge in [-0.15, -0.1) is 11.3 Å². The average Bonchev–Trinajstić information content (AvgIpc) is 3.33. The molecule has 1 fully saturated rings. The molecule has 0 unspecified atom stereocenters. The number of nitrogens with one attached hydrogen (secondary N) is 1. The Morgan fingerprint density at radius 1 is 1.48 bits per heavy atom. The summed E-state index contributed by atoms with van der Waals surface area (Å²) in [5.74, 6) is 0.200. The zero-order valence-corrected chi connectivity index (χ0v) is 16.4. The van der Waals surface area contributed by atoms with Gasteiger partial charge in [-0.05, 0) is 44.0 Å². The first kappa shape index (κ1) is 17.9. The Kier molecular flexibility index (Phi) is 4.61. The highest BCUT2D eigenvalue weighted by atomic mass is 32.1. The minimum Gasteiger partial charge on any atom is -0.465 e. The van der Waals surface area contributed by atoms with Gasteiger partial charge in [0.1, 0.15) is 15.5 Å². The van der Waals surface area contributed by atoms with E-state index in [-0.39, 0.29) is 5.56 Å². The molecular formula is C19H22N4O3S. The first-order chi connectivity index (χ1) is 13.0. The summed E-state index contributed by atoms with van der Waals surface area (Å²) in [6.07, 6.45) is 4.27. The van der Waals surface area contributed by atoms with Crippen molar-refractivity contribution in [2.24, 2.45) is 7.05 Å². The van der Waals surface area contributed by atoms with Gasteiger partial charge in [0, 0.05) is 18.9 Å². The Hall–Kier alpha value is -2.45. The van der Waals surface area contributed by atoms with Crippen molar-refractivity contribution in [1.82, 2.24) is 19.4 Å². The lowest BCUT2D eigenvalue weighted by atomic mass is 10.1. The Balaban J connectivity index is 1.67. The number of ether oxygens (including phenoxy) is 1. The average molecular weight is 386 g/mol. The Morgan fingerprint density at radius 3 is 3.00 bits per heavy atom. The van der Waals surface area contributed by atoms with E-state index in [1.807, 2.05) is 0 Å². The van der Waals surface area contributed by atoms with Crippen LogP contribution >= 0.6 is 11.3 Å². The highest BCUT2D eigenvalue weighted by Crippen LogP contribution is 2.33. The zero-order chi connectivity index (χ0) is 19.1. The van der Waals surface area contributed by atoms with Crippen LogP contribution in [0, 0.1) is 6.92 Å². The number of esters is 1. The van der Waals surface area contributed by atoms with E-state index in [2.05, 4.69) is 44.8 Å². The van der Waals surface area contributed by atoms with Gasteiger partial charge in [-0.1, -0.05) is 0 Å². The van der Waals surface area contributed by atoms with Gasteiger partial charge in [0.15, 0.2) is 0 Å². The van der Waals surface area contributed by atoms with E-state index < -0.39 is 5.97 Å². The lowest BCUT2D eigenvalue weighted by molar-refractivity contribution is 0.0605. The van der Waals surface area contributed by atoms with Crippen LogP contribution in [-0.4, -0.2) is 39.1 Å². The Bertz CT molecular complexity index is 1060. The van der Waals surface area contributed by atoms with Crippen LogP contribution in [0.25, 0.3) is 10.2 Å². The number of fused-ring (bicyclic) bond motifs is 1. The van der Waals surface area contributed by atoms with Gasteiger partial charge < -0.3 is 14.3 Å². The molecule has 4 rings (SSSR count). The number of aromatic nitrogens is 3. The minimum absolute atomic E-state index is 0.200. The minimum atomic E-state index is -0.431. The molecule has 0 saturated carbocycles. The molecule has 0 radical (unpaired) electrons. The summed E-state index contributed by atoms with van der Waals surface area (Å²) in [5.41, 5.74) is 1.70. The fourth-order valence-corrected chi connectivity index (χ4v) is 5.03. The lowest BCUT2D eigenvalue weighted by Crippen LogP contribution is -2.26. The summed E-state index contributed by atoms with van der Waals surface area (Å²) in [5, 5.41) is 0.476. The summed E-state index contributed by atoms with van der Waals surface area (Å²) in [4.78, 5) is 35.5. The van der Waals surface area contributed by atoms with Gasteiger partial charge in [0.25, 0.3) is 5.56 Å². The van der Waals surface area contributed by atoms with Crippen LogP contribution in [0.4, 0.5) is 0 Å². The molecule has 8 heteroatoms. The molecule has 4 heterocycles. The fraction of sp³-hybridized carbons (Fsp3) is 0.421. The van der Waals surface area contributed by atoms with Gasteiger partial charge in [-0.2, -0.15) is 0 Å². The molecule has 1 atom stereocenters. The van der Waals surface area contributed by atoms with Gasteiger partial charge in [0.05, 0.1) is 25.1 Å². The van der Waals surface area contributed by atoms with Crippen molar-refractivity contribution in [3.8, 4) is 0 Å². The second-order valence-corrected chi connectivity index (χ2v) is 7.91. The molecule has 0 aromatic carbocycles. The maximum atomic E-state index is 12.6. The largest absolute Gasteiger partial charge is 0.465 e. The van der Waals surface area contributed by atoms with Crippen molar-refractivity contribution in [2.45, 2.75) is 32.4 Å². The van der Waals surface area contributed by atoms with Crippen LogP contribution in [0.2, 0.25) is 0 Å². The molecule has 1 saturated heterocycles. The van der Waals surface area contributed by atoms with E-state index in [9.17, 15) is 9.59 Å². The molecule has 7 nitrogen and oxygen atoms in total. The summed E-state index contributed by atoms with van der Waals surface area (Å²) < 4.78 is 6.96. The van der Waals surface area contributed by atoms with Crippen molar-refractivity contribution < 1.29 is 9.53 Å². The molecule has 1 aliphatic rings. The summed E-state index contributed by atoms with van der Waals surface area (Å²) in [7, 11) is 3.40. The highest BCUT2D eigenvalue weighted by molar-refractivity contribution is 7.20.